The zero-order chi connectivity index (χ0) is 13.2. The Balaban J connectivity index is 1.75. The Morgan fingerprint density at radius 2 is 2.11 bits per heavy atom. The van der Waals surface area contributed by atoms with E-state index < -0.39 is 0 Å². The summed E-state index contributed by atoms with van der Waals surface area (Å²) in [5.74, 6) is 1.43. The van der Waals surface area contributed by atoms with Crippen molar-refractivity contribution in [2.45, 2.75) is 18.8 Å². The van der Waals surface area contributed by atoms with E-state index in [0.717, 1.165) is 25.9 Å². The molecule has 1 aliphatic carbocycles. The third-order valence-electron chi connectivity index (χ3n) is 4.19. The second kappa shape index (κ2) is 5.29. The summed E-state index contributed by atoms with van der Waals surface area (Å²) in [4.78, 5) is 18.3. The van der Waals surface area contributed by atoms with Crippen molar-refractivity contribution >= 4 is 5.91 Å². The molecule has 0 bridgehead atoms. The maximum atomic E-state index is 12.2. The minimum atomic E-state index is 0.305. The maximum absolute atomic E-state index is 12.2. The Hall–Kier alpha value is -1.42. The molecule has 1 saturated carbocycles. The van der Waals surface area contributed by atoms with Gasteiger partial charge in [0.2, 0.25) is 5.91 Å². The highest BCUT2D eigenvalue weighted by Crippen LogP contribution is 2.37. The highest BCUT2D eigenvalue weighted by atomic mass is 16.5. The summed E-state index contributed by atoms with van der Waals surface area (Å²) < 4.78 is 5.33. The molecular weight excluding hydrogens is 240 g/mol. The van der Waals surface area contributed by atoms with Gasteiger partial charge in [-0.1, -0.05) is 0 Å². The van der Waals surface area contributed by atoms with E-state index in [1.165, 1.54) is 5.56 Å². The average molecular weight is 260 g/mol. The minimum absolute atomic E-state index is 0.305. The third kappa shape index (κ3) is 2.63. The molecule has 1 aliphatic heterocycles. The van der Waals surface area contributed by atoms with Crippen molar-refractivity contribution in [3.8, 4) is 0 Å². The first-order valence-electron chi connectivity index (χ1n) is 6.97. The van der Waals surface area contributed by atoms with Gasteiger partial charge in [-0.05, 0) is 30.5 Å². The van der Waals surface area contributed by atoms with Crippen molar-refractivity contribution in [1.29, 1.82) is 0 Å². The first-order valence-corrected chi connectivity index (χ1v) is 6.97. The van der Waals surface area contributed by atoms with Crippen LogP contribution in [0.2, 0.25) is 0 Å². The lowest BCUT2D eigenvalue weighted by atomic mass is 9.90. The fourth-order valence-electron chi connectivity index (χ4n) is 3.01. The third-order valence-corrected chi connectivity index (χ3v) is 4.19. The molecule has 0 unspecified atom stereocenters. The average Bonchev–Trinajstić information content (AvgIpc) is 3.21. The predicted molar refractivity (Wildman–Crippen MR) is 71.6 cm³/mol. The van der Waals surface area contributed by atoms with E-state index in [-0.39, 0.29) is 0 Å². The van der Waals surface area contributed by atoms with Gasteiger partial charge < -0.3 is 9.64 Å². The van der Waals surface area contributed by atoms with Crippen LogP contribution in [0.3, 0.4) is 0 Å². The van der Waals surface area contributed by atoms with Gasteiger partial charge in [-0.25, -0.2) is 0 Å². The molecule has 1 saturated heterocycles. The van der Waals surface area contributed by atoms with E-state index in [9.17, 15) is 4.79 Å². The highest BCUT2D eigenvalue weighted by molar-refractivity contribution is 5.81. The van der Waals surface area contributed by atoms with Crippen LogP contribution in [-0.4, -0.2) is 42.6 Å². The summed E-state index contributed by atoms with van der Waals surface area (Å²) in [5, 5.41) is 0. The quantitative estimate of drug-likeness (QED) is 0.827. The monoisotopic (exact) mass is 260 g/mol. The van der Waals surface area contributed by atoms with Gasteiger partial charge in [-0.15, -0.1) is 0 Å². The number of carbonyl (C=O) groups is 1. The molecule has 1 amide bonds. The maximum Gasteiger partial charge on any atom is 0.225 e. The van der Waals surface area contributed by atoms with Gasteiger partial charge in [0.1, 0.15) is 0 Å². The summed E-state index contributed by atoms with van der Waals surface area (Å²) in [6, 6.07) is 4.11. The first-order chi connectivity index (χ1) is 9.29. The number of hydrogen-bond acceptors (Lipinski definition) is 3. The number of methoxy groups -OCH3 is 1. The Kier molecular flexibility index (Phi) is 3.51. The molecule has 0 spiro atoms. The van der Waals surface area contributed by atoms with Crippen molar-refractivity contribution in [3.63, 3.8) is 0 Å². The zero-order valence-corrected chi connectivity index (χ0v) is 11.3. The van der Waals surface area contributed by atoms with Crippen LogP contribution in [0.5, 0.6) is 0 Å². The number of amides is 1. The number of nitrogens with zero attached hydrogens (tertiary/aromatic N) is 2. The summed E-state index contributed by atoms with van der Waals surface area (Å²) in [7, 11) is 1.73. The van der Waals surface area contributed by atoms with E-state index in [4.69, 9.17) is 4.74 Å². The van der Waals surface area contributed by atoms with Crippen LogP contribution in [0.4, 0.5) is 0 Å². The minimum Gasteiger partial charge on any atom is -0.384 e. The summed E-state index contributed by atoms with van der Waals surface area (Å²) >= 11 is 0. The Morgan fingerprint density at radius 3 is 2.74 bits per heavy atom. The van der Waals surface area contributed by atoms with E-state index >= 15 is 0 Å². The smallest absolute Gasteiger partial charge is 0.225 e. The highest BCUT2D eigenvalue weighted by Gasteiger charge is 2.41. The van der Waals surface area contributed by atoms with Gasteiger partial charge in [-0.2, -0.15) is 0 Å². The van der Waals surface area contributed by atoms with Gasteiger partial charge in [-0.3, -0.25) is 9.78 Å². The van der Waals surface area contributed by atoms with Crippen LogP contribution in [0.1, 0.15) is 24.3 Å². The topological polar surface area (TPSA) is 42.4 Å². The first kappa shape index (κ1) is 12.6. The largest absolute Gasteiger partial charge is 0.384 e. The molecule has 4 heteroatoms. The fourth-order valence-corrected chi connectivity index (χ4v) is 3.01. The van der Waals surface area contributed by atoms with E-state index in [1.54, 1.807) is 7.11 Å². The van der Waals surface area contributed by atoms with Gasteiger partial charge >= 0.3 is 0 Å². The van der Waals surface area contributed by atoms with Crippen LogP contribution < -0.4 is 0 Å². The van der Waals surface area contributed by atoms with Crippen molar-refractivity contribution < 1.29 is 9.53 Å². The molecule has 0 aromatic carbocycles. The molecule has 3 rings (SSSR count). The number of hydrogen-bond donors (Lipinski definition) is 0. The fraction of sp³-hybridized carbons (Fsp3) is 0.600. The predicted octanol–water partition coefficient (Wildman–Crippen LogP) is 1.68. The van der Waals surface area contributed by atoms with Crippen LogP contribution in [0, 0.1) is 11.8 Å². The van der Waals surface area contributed by atoms with Crippen LogP contribution >= 0.6 is 0 Å². The van der Waals surface area contributed by atoms with Crippen LogP contribution in [0.25, 0.3) is 0 Å². The Bertz CT molecular complexity index is 445. The van der Waals surface area contributed by atoms with Gasteiger partial charge in [0.05, 0.1) is 6.61 Å². The lowest BCUT2D eigenvalue weighted by molar-refractivity contribution is -0.131. The second-order valence-electron chi connectivity index (χ2n) is 5.62. The number of rotatable bonds is 4. The molecule has 2 heterocycles. The summed E-state index contributed by atoms with van der Waals surface area (Å²) in [6.07, 6.45) is 5.80. The molecule has 102 valence electrons. The summed E-state index contributed by atoms with van der Waals surface area (Å²) in [6.45, 7) is 2.37. The standard InChI is InChI=1S/C15H20N2O2/c1-19-10-13-8-17(15(18)12-2-3-12)9-14(13)11-4-6-16-7-5-11/h4-7,12-14H,2-3,8-10H2,1H3/t13-,14-/m0/s1. The molecule has 2 atom stereocenters. The Labute approximate surface area is 113 Å². The molecule has 0 N–H and O–H groups in total. The molecule has 4 nitrogen and oxygen atoms in total. The molecule has 19 heavy (non-hydrogen) atoms. The number of carbonyl (C=O) groups excluding carboxylic acids is 1. The van der Waals surface area contributed by atoms with Crippen molar-refractivity contribution in [3.05, 3.63) is 30.1 Å². The van der Waals surface area contributed by atoms with Gasteiger partial charge in [0.25, 0.3) is 0 Å². The second-order valence-corrected chi connectivity index (χ2v) is 5.62. The van der Waals surface area contributed by atoms with Crippen LogP contribution in [0.15, 0.2) is 24.5 Å². The number of ether oxygens (including phenoxy) is 1. The Morgan fingerprint density at radius 1 is 1.37 bits per heavy atom. The van der Waals surface area contributed by atoms with Crippen molar-refractivity contribution in [1.82, 2.24) is 9.88 Å². The lowest BCUT2D eigenvalue weighted by Gasteiger charge is -2.17. The van der Waals surface area contributed by atoms with Crippen molar-refractivity contribution in [2.24, 2.45) is 11.8 Å². The lowest BCUT2D eigenvalue weighted by Crippen LogP contribution is -2.30. The zero-order valence-electron chi connectivity index (χ0n) is 11.3. The SMILES string of the molecule is COC[C@@H]1CN(C(=O)C2CC2)C[C@H]1c1ccncc1. The molecular formula is C15H20N2O2. The molecule has 0 radical (unpaired) electrons. The number of pyridine rings is 1. The van der Waals surface area contributed by atoms with E-state index in [1.807, 2.05) is 17.3 Å². The molecule has 2 aliphatic rings. The van der Waals surface area contributed by atoms with Crippen molar-refractivity contribution in [2.75, 3.05) is 26.8 Å². The van der Waals surface area contributed by atoms with Gasteiger partial charge in [0, 0.05) is 50.3 Å². The molecule has 2 fully saturated rings. The normalized spacial score (nSPS) is 26.7. The summed E-state index contributed by atoms with van der Waals surface area (Å²) in [5.41, 5.74) is 1.27. The molecule has 1 aromatic rings. The van der Waals surface area contributed by atoms with Crippen LogP contribution in [-0.2, 0) is 9.53 Å². The van der Waals surface area contributed by atoms with E-state index in [0.29, 0.717) is 30.3 Å². The number of likely N-dealkylation sites (tertiary alicyclic amines) is 1. The van der Waals surface area contributed by atoms with Gasteiger partial charge in [0.15, 0.2) is 0 Å². The van der Waals surface area contributed by atoms with E-state index in [2.05, 4.69) is 17.1 Å². The molecule has 1 aromatic heterocycles. The number of aromatic nitrogens is 1.